The zero-order chi connectivity index (χ0) is 20.4. The number of carbonyl (C=O) groups is 1. The minimum atomic E-state index is -0.246. The number of hydrogen-bond acceptors (Lipinski definition) is 5. The summed E-state index contributed by atoms with van der Waals surface area (Å²) < 4.78 is 11.7. The fourth-order valence-electron chi connectivity index (χ4n) is 3.37. The lowest BCUT2D eigenvalue weighted by molar-refractivity contribution is -0.123. The average Bonchev–Trinajstić information content (AvgIpc) is 3.23. The lowest BCUT2D eigenvalue weighted by Crippen LogP contribution is -2.28. The first-order chi connectivity index (χ1) is 13.9. The molecule has 6 heteroatoms. The Kier molecular flexibility index (Phi) is 5.28. The van der Waals surface area contributed by atoms with Crippen molar-refractivity contribution in [2.75, 3.05) is 6.61 Å². The number of aryl methyl sites for hydroxylation is 1. The number of amides is 1. The molecular formula is C23H24N2O3S. The van der Waals surface area contributed by atoms with E-state index in [9.17, 15) is 4.79 Å². The van der Waals surface area contributed by atoms with Gasteiger partial charge in [-0.1, -0.05) is 42.5 Å². The van der Waals surface area contributed by atoms with Crippen LogP contribution >= 0.6 is 11.3 Å². The van der Waals surface area contributed by atoms with Gasteiger partial charge in [0.1, 0.15) is 10.6 Å². The molecule has 0 atom stereocenters. The molecule has 3 aromatic rings. The molecule has 1 aromatic heterocycles. The molecule has 150 valence electrons. The molecule has 0 saturated carbocycles. The molecule has 1 aliphatic heterocycles. The van der Waals surface area contributed by atoms with E-state index in [2.05, 4.69) is 10.3 Å². The van der Waals surface area contributed by atoms with Crippen molar-refractivity contribution in [2.45, 2.75) is 39.3 Å². The highest BCUT2D eigenvalue weighted by atomic mass is 32.1. The highest BCUT2D eigenvalue weighted by molar-refractivity contribution is 7.15. The second-order valence-corrected chi connectivity index (χ2v) is 8.83. The molecule has 1 amide bonds. The largest absolute Gasteiger partial charge is 0.483 e. The van der Waals surface area contributed by atoms with Crippen LogP contribution in [0.1, 0.15) is 30.0 Å². The van der Waals surface area contributed by atoms with E-state index in [1.54, 1.807) is 11.3 Å². The lowest BCUT2D eigenvalue weighted by atomic mass is 10.0. The topological polar surface area (TPSA) is 60.5 Å². The molecule has 4 rings (SSSR count). The summed E-state index contributed by atoms with van der Waals surface area (Å²) in [5.41, 5.74) is 2.89. The molecule has 0 saturated heterocycles. The number of hydrogen-bond donors (Lipinski definition) is 1. The number of thiazole rings is 1. The van der Waals surface area contributed by atoms with Crippen LogP contribution in [0.2, 0.25) is 0 Å². The summed E-state index contributed by atoms with van der Waals surface area (Å²) >= 11 is 1.60. The maximum absolute atomic E-state index is 12.3. The van der Waals surface area contributed by atoms with Crippen LogP contribution in [0.15, 0.2) is 48.5 Å². The molecule has 0 fully saturated rings. The van der Waals surface area contributed by atoms with Gasteiger partial charge in [0.2, 0.25) is 0 Å². The first-order valence-corrected chi connectivity index (χ1v) is 10.4. The first kappa shape index (κ1) is 19.5. The van der Waals surface area contributed by atoms with E-state index >= 15 is 0 Å². The number of para-hydroxylation sites is 1. The Hall–Kier alpha value is -2.86. The first-order valence-electron chi connectivity index (χ1n) is 9.63. The van der Waals surface area contributed by atoms with Crippen molar-refractivity contribution in [1.82, 2.24) is 10.3 Å². The van der Waals surface area contributed by atoms with Crippen molar-refractivity contribution < 1.29 is 14.3 Å². The van der Waals surface area contributed by atoms with E-state index < -0.39 is 0 Å². The van der Waals surface area contributed by atoms with Gasteiger partial charge in [0.05, 0.1) is 12.2 Å². The van der Waals surface area contributed by atoms with E-state index in [0.29, 0.717) is 12.3 Å². The van der Waals surface area contributed by atoms with Crippen molar-refractivity contribution in [1.29, 1.82) is 0 Å². The molecule has 2 aromatic carbocycles. The third-order valence-corrected chi connectivity index (χ3v) is 5.98. The van der Waals surface area contributed by atoms with Gasteiger partial charge >= 0.3 is 0 Å². The summed E-state index contributed by atoms with van der Waals surface area (Å²) in [6.07, 6.45) is 0.833. The number of rotatable bonds is 6. The van der Waals surface area contributed by atoms with Gasteiger partial charge in [-0.15, -0.1) is 11.3 Å². The van der Waals surface area contributed by atoms with E-state index in [1.807, 2.05) is 69.3 Å². The molecule has 2 heterocycles. The molecule has 0 bridgehead atoms. The van der Waals surface area contributed by atoms with Gasteiger partial charge in [-0.3, -0.25) is 4.79 Å². The van der Waals surface area contributed by atoms with Gasteiger partial charge in [-0.2, -0.15) is 0 Å². The number of aromatic nitrogens is 1. The highest BCUT2D eigenvalue weighted by Gasteiger charge is 2.32. The zero-order valence-corrected chi connectivity index (χ0v) is 17.6. The summed E-state index contributed by atoms with van der Waals surface area (Å²) in [6, 6.07) is 15.9. The van der Waals surface area contributed by atoms with Crippen LogP contribution in [-0.4, -0.2) is 23.1 Å². The molecular weight excluding hydrogens is 384 g/mol. The van der Waals surface area contributed by atoms with E-state index in [0.717, 1.165) is 38.9 Å². The fourth-order valence-corrected chi connectivity index (χ4v) is 4.38. The van der Waals surface area contributed by atoms with Gasteiger partial charge in [0.15, 0.2) is 18.1 Å². The second-order valence-electron chi connectivity index (χ2n) is 7.74. The Morgan fingerprint density at radius 3 is 2.79 bits per heavy atom. The molecule has 1 N–H and O–H groups in total. The van der Waals surface area contributed by atoms with Gasteiger partial charge in [-0.05, 0) is 26.8 Å². The second kappa shape index (κ2) is 7.87. The Morgan fingerprint density at radius 1 is 1.21 bits per heavy atom. The highest BCUT2D eigenvalue weighted by Crippen LogP contribution is 2.41. The molecule has 5 nitrogen and oxygen atoms in total. The number of benzene rings is 2. The molecule has 0 radical (unpaired) electrons. The normalized spacial score (nSPS) is 14.2. The average molecular weight is 409 g/mol. The third-order valence-electron chi connectivity index (χ3n) is 4.77. The van der Waals surface area contributed by atoms with E-state index in [-0.39, 0.29) is 18.1 Å². The molecule has 0 aliphatic carbocycles. The van der Waals surface area contributed by atoms with Crippen molar-refractivity contribution in [2.24, 2.45) is 0 Å². The number of carbonyl (C=O) groups excluding carboxylic acids is 1. The third kappa shape index (κ3) is 4.43. The number of nitrogens with one attached hydrogen (secondary N) is 1. The Balaban J connectivity index is 1.34. The molecule has 0 spiro atoms. The van der Waals surface area contributed by atoms with Crippen molar-refractivity contribution in [3.63, 3.8) is 0 Å². The Labute approximate surface area is 174 Å². The van der Waals surface area contributed by atoms with Gasteiger partial charge < -0.3 is 14.8 Å². The predicted octanol–water partition coefficient (Wildman–Crippen LogP) is 4.53. The Morgan fingerprint density at radius 2 is 2.00 bits per heavy atom. The van der Waals surface area contributed by atoms with Gasteiger partial charge in [0, 0.05) is 22.4 Å². The number of nitrogens with zero attached hydrogens (tertiary/aromatic N) is 1. The van der Waals surface area contributed by atoms with Crippen molar-refractivity contribution in [3.05, 3.63) is 64.7 Å². The SMILES string of the molecule is Cc1nc(-c2ccccc2)sc1CNC(=O)COc1cccc2c1OC(C)(C)C2. The van der Waals surface area contributed by atoms with Crippen molar-refractivity contribution in [3.8, 4) is 22.1 Å². The van der Waals surface area contributed by atoms with Crippen LogP contribution in [0.25, 0.3) is 10.6 Å². The van der Waals surface area contributed by atoms with Crippen LogP contribution in [0.4, 0.5) is 0 Å². The van der Waals surface area contributed by atoms with Crippen molar-refractivity contribution >= 4 is 17.2 Å². The van der Waals surface area contributed by atoms with Crippen LogP contribution < -0.4 is 14.8 Å². The summed E-state index contributed by atoms with van der Waals surface area (Å²) in [7, 11) is 0. The molecule has 0 unspecified atom stereocenters. The monoisotopic (exact) mass is 408 g/mol. The fraction of sp³-hybridized carbons (Fsp3) is 0.304. The van der Waals surface area contributed by atoms with Crippen LogP contribution in [0.3, 0.4) is 0 Å². The Bertz CT molecular complexity index is 1030. The zero-order valence-electron chi connectivity index (χ0n) is 16.8. The molecule has 29 heavy (non-hydrogen) atoms. The van der Waals surface area contributed by atoms with Gasteiger partial charge in [-0.25, -0.2) is 4.98 Å². The number of ether oxygens (including phenoxy) is 2. The lowest BCUT2D eigenvalue weighted by Gasteiger charge is -2.18. The minimum absolute atomic E-state index is 0.0519. The quantitative estimate of drug-likeness (QED) is 0.651. The summed E-state index contributed by atoms with van der Waals surface area (Å²) in [5, 5.41) is 3.89. The molecule has 1 aliphatic rings. The smallest absolute Gasteiger partial charge is 0.258 e. The summed E-state index contributed by atoms with van der Waals surface area (Å²) in [6.45, 7) is 6.45. The summed E-state index contributed by atoms with van der Waals surface area (Å²) in [4.78, 5) is 18.0. The van der Waals surface area contributed by atoms with Crippen LogP contribution in [0.5, 0.6) is 11.5 Å². The number of fused-ring (bicyclic) bond motifs is 1. The standard InChI is InChI=1S/C23H24N2O3S/c1-15-19(29-22(25-15)16-8-5-4-6-9-16)13-24-20(26)14-27-18-11-7-10-17-12-23(2,3)28-21(17)18/h4-11H,12-14H2,1-3H3,(H,24,26). The minimum Gasteiger partial charge on any atom is -0.483 e. The van der Waals surface area contributed by atoms with Crippen LogP contribution in [0, 0.1) is 6.92 Å². The summed E-state index contributed by atoms with van der Waals surface area (Å²) in [5.74, 6) is 1.19. The maximum Gasteiger partial charge on any atom is 0.258 e. The van der Waals surface area contributed by atoms with Crippen LogP contribution in [-0.2, 0) is 17.8 Å². The van der Waals surface area contributed by atoms with Gasteiger partial charge in [0.25, 0.3) is 5.91 Å². The maximum atomic E-state index is 12.3. The van der Waals surface area contributed by atoms with E-state index in [1.165, 1.54) is 0 Å². The predicted molar refractivity (Wildman–Crippen MR) is 114 cm³/mol. The van der Waals surface area contributed by atoms with E-state index in [4.69, 9.17) is 9.47 Å².